The Balaban J connectivity index is 2.56. The smallest absolute Gasteiger partial charge is 0.0485 e. The molecular weight excluding hydrogens is 182 g/mol. The first-order valence-corrected chi connectivity index (χ1v) is 5.80. The van der Waals surface area contributed by atoms with Crippen LogP contribution in [0.1, 0.15) is 31.0 Å². The second kappa shape index (κ2) is 4.09. The highest BCUT2D eigenvalue weighted by Gasteiger charge is 2.08. The van der Waals surface area contributed by atoms with Crippen LogP contribution in [0, 0.1) is 13.8 Å². The molecule has 0 N–H and O–H groups in total. The Morgan fingerprint density at radius 1 is 1.13 bits per heavy atom. The lowest BCUT2D eigenvalue weighted by Crippen LogP contribution is -1.99. The maximum Gasteiger partial charge on any atom is 0.0485 e. The van der Waals surface area contributed by atoms with Crippen molar-refractivity contribution in [3.8, 4) is 0 Å². The molecule has 0 aliphatic rings. The van der Waals surface area contributed by atoms with Gasteiger partial charge in [0.25, 0.3) is 0 Å². The third kappa shape index (κ3) is 1.67. The number of fused-ring (bicyclic) bond motifs is 1. The summed E-state index contributed by atoms with van der Waals surface area (Å²) >= 11 is 0. The predicted molar refractivity (Wildman–Crippen MR) is 66.3 cm³/mol. The summed E-state index contributed by atoms with van der Waals surface area (Å²) in [5.74, 6) is 0. The first-order valence-electron chi connectivity index (χ1n) is 5.80. The maximum absolute atomic E-state index is 2.45. The molecule has 1 nitrogen and oxygen atoms in total. The molecule has 0 fully saturated rings. The molecular formula is C14H19N. The van der Waals surface area contributed by atoms with E-state index in [2.05, 4.69) is 49.6 Å². The molecule has 0 amide bonds. The summed E-state index contributed by atoms with van der Waals surface area (Å²) in [6, 6.07) is 8.70. The van der Waals surface area contributed by atoms with Gasteiger partial charge >= 0.3 is 0 Å². The Kier molecular flexibility index (Phi) is 2.81. The molecule has 2 rings (SSSR count). The minimum atomic E-state index is 1.15. The highest BCUT2D eigenvalue weighted by molar-refractivity contribution is 5.85. The molecule has 0 radical (unpaired) electrons. The van der Waals surface area contributed by atoms with Gasteiger partial charge in [-0.25, -0.2) is 0 Å². The van der Waals surface area contributed by atoms with Crippen molar-refractivity contribution in [2.45, 2.75) is 40.2 Å². The average molecular weight is 201 g/mol. The van der Waals surface area contributed by atoms with Gasteiger partial charge in [0.05, 0.1) is 0 Å². The van der Waals surface area contributed by atoms with Gasteiger partial charge < -0.3 is 4.57 Å². The van der Waals surface area contributed by atoms with Crippen molar-refractivity contribution >= 4 is 10.9 Å². The standard InChI is InChI=1S/C14H19N/c1-4-5-10-15-12(3)11(2)13-8-6-7-9-14(13)15/h6-9H,4-5,10H2,1-3H3. The van der Waals surface area contributed by atoms with Gasteiger partial charge in [0, 0.05) is 23.1 Å². The van der Waals surface area contributed by atoms with E-state index in [-0.39, 0.29) is 0 Å². The summed E-state index contributed by atoms with van der Waals surface area (Å²) in [6.45, 7) is 7.84. The van der Waals surface area contributed by atoms with Crippen LogP contribution in [-0.2, 0) is 6.54 Å². The van der Waals surface area contributed by atoms with Crippen LogP contribution in [0.25, 0.3) is 10.9 Å². The van der Waals surface area contributed by atoms with E-state index in [1.54, 1.807) is 0 Å². The second-order valence-electron chi connectivity index (χ2n) is 4.23. The Bertz CT molecular complexity index is 465. The monoisotopic (exact) mass is 201 g/mol. The van der Waals surface area contributed by atoms with Crippen LogP contribution in [0.2, 0.25) is 0 Å². The van der Waals surface area contributed by atoms with E-state index in [0.717, 1.165) is 6.54 Å². The van der Waals surface area contributed by atoms with E-state index in [0.29, 0.717) is 0 Å². The van der Waals surface area contributed by atoms with Crippen molar-refractivity contribution in [3.05, 3.63) is 35.5 Å². The first-order chi connectivity index (χ1) is 7.25. The molecule has 1 heterocycles. The number of para-hydroxylation sites is 1. The Hall–Kier alpha value is -1.24. The average Bonchev–Trinajstić information content (AvgIpc) is 2.51. The summed E-state index contributed by atoms with van der Waals surface area (Å²) in [6.07, 6.45) is 2.52. The molecule has 15 heavy (non-hydrogen) atoms. The molecule has 0 spiro atoms. The van der Waals surface area contributed by atoms with Crippen LogP contribution < -0.4 is 0 Å². The molecule has 0 aliphatic heterocycles. The number of hydrogen-bond donors (Lipinski definition) is 0. The molecule has 0 atom stereocenters. The molecule has 2 aromatic rings. The molecule has 1 heteroatoms. The zero-order chi connectivity index (χ0) is 10.8. The van der Waals surface area contributed by atoms with Crippen molar-refractivity contribution in [3.63, 3.8) is 0 Å². The molecule has 0 saturated heterocycles. The number of aryl methyl sites for hydroxylation is 2. The van der Waals surface area contributed by atoms with E-state index >= 15 is 0 Å². The lowest BCUT2D eigenvalue weighted by Gasteiger charge is -2.06. The second-order valence-corrected chi connectivity index (χ2v) is 4.23. The normalized spacial score (nSPS) is 11.1. The van der Waals surface area contributed by atoms with Crippen LogP contribution in [0.5, 0.6) is 0 Å². The summed E-state index contributed by atoms with van der Waals surface area (Å²) in [4.78, 5) is 0. The third-order valence-corrected chi connectivity index (χ3v) is 3.28. The third-order valence-electron chi connectivity index (χ3n) is 3.28. The Labute approximate surface area is 91.7 Å². The van der Waals surface area contributed by atoms with Crippen molar-refractivity contribution < 1.29 is 0 Å². The van der Waals surface area contributed by atoms with Crippen LogP contribution in [0.15, 0.2) is 24.3 Å². The van der Waals surface area contributed by atoms with Crippen LogP contribution in [0.4, 0.5) is 0 Å². The van der Waals surface area contributed by atoms with E-state index in [1.165, 1.54) is 35.0 Å². The largest absolute Gasteiger partial charge is 0.345 e. The molecule has 0 aliphatic carbocycles. The van der Waals surface area contributed by atoms with Crippen molar-refractivity contribution in [2.24, 2.45) is 0 Å². The summed E-state index contributed by atoms with van der Waals surface area (Å²) in [7, 11) is 0. The zero-order valence-corrected chi connectivity index (χ0v) is 9.88. The topological polar surface area (TPSA) is 4.93 Å². The number of nitrogens with zero attached hydrogens (tertiary/aromatic N) is 1. The van der Waals surface area contributed by atoms with Crippen LogP contribution in [-0.4, -0.2) is 4.57 Å². The fourth-order valence-corrected chi connectivity index (χ4v) is 2.21. The van der Waals surface area contributed by atoms with E-state index in [1.807, 2.05) is 0 Å². The Morgan fingerprint density at radius 3 is 2.60 bits per heavy atom. The SMILES string of the molecule is CCCCn1c(C)c(C)c2ccccc21. The van der Waals surface area contributed by atoms with E-state index < -0.39 is 0 Å². The van der Waals surface area contributed by atoms with Crippen LogP contribution in [0.3, 0.4) is 0 Å². The summed E-state index contributed by atoms with van der Waals surface area (Å²) < 4.78 is 2.45. The van der Waals surface area contributed by atoms with Gasteiger partial charge in [0.15, 0.2) is 0 Å². The highest BCUT2D eigenvalue weighted by atomic mass is 15.0. The fourth-order valence-electron chi connectivity index (χ4n) is 2.21. The quantitative estimate of drug-likeness (QED) is 0.705. The van der Waals surface area contributed by atoms with Gasteiger partial charge in [-0.3, -0.25) is 0 Å². The van der Waals surface area contributed by atoms with Gasteiger partial charge in [0.2, 0.25) is 0 Å². The molecule has 1 aromatic carbocycles. The van der Waals surface area contributed by atoms with Gasteiger partial charge in [-0.05, 0) is 31.9 Å². The van der Waals surface area contributed by atoms with Gasteiger partial charge in [-0.15, -0.1) is 0 Å². The van der Waals surface area contributed by atoms with Gasteiger partial charge in [0.1, 0.15) is 0 Å². The first kappa shape index (κ1) is 10.3. The number of benzene rings is 1. The summed E-state index contributed by atoms with van der Waals surface area (Å²) in [5.41, 5.74) is 4.24. The van der Waals surface area contributed by atoms with Gasteiger partial charge in [-0.2, -0.15) is 0 Å². The summed E-state index contributed by atoms with van der Waals surface area (Å²) in [5, 5.41) is 1.41. The molecule has 0 unspecified atom stereocenters. The van der Waals surface area contributed by atoms with E-state index in [9.17, 15) is 0 Å². The molecule has 0 bridgehead atoms. The predicted octanol–water partition coefficient (Wildman–Crippen LogP) is 4.06. The maximum atomic E-state index is 2.45. The number of aromatic nitrogens is 1. The minimum Gasteiger partial charge on any atom is -0.345 e. The van der Waals surface area contributed by atoms with Crippen molar-refractivity contribution in [2.75, 3.05) is 0 Å². The lowest BCUT2D eigenvalue weighted by atomic mass is 10.2. The van der Waals surface area contributed by atoms with Crippen molar-refractivity contribution in [1.29, 1.82) is 0 Å². The Morgan fingerprint density at radius 2 is 1.87 bits per heavy atom. The lowest BCUT2D eigenvalue weighted by molar-refractivity contribution is 0.636. The van der Waals surface area contributed by atoms with Gasteiger partial charge in [-0.1, -0.05) is 31.5 Å². The van der Waals surface area contributed by atoms with Crippen LogP contribution >= 0.6 is 0 Å². The minimum absolute atomic E-state index is 1.15. The fraction of sp³-hybridized carbons (Fsp3) is 0.429. The van der Waals surface area contributed by atoms with Crippen molar-refractivity contribution in [1.82, 2.24) is 4.57 Å². The number of unbranched alkanes of at least 4 members (excludes halogenated alkanes) is 1. The highest BCUT2D eigenvalue weighted by Crippen LogP contribution is 2.25. The number of rotatable bonds is 3. The molecule has 80 valence electrons. The zero-order valence-electron chi connectivity index (χ0n) is 9.88. The molecule has 1 aromatic heterocycles. The van der Waals surface area contributed by atoms with E-state index in [4.69, 9.17) is 0 Å². The number of hydrogen-bond acceptors (Lipinski definition) is 0. The molecule has 0 saturated carbocycles.